The summed E-state index contributed by atoms with van der Waals surface area (Å²) in [5.41, 5.74) is 6.66. The first-order valence-corrected chi connectivity index (χ1v) is 9.32. The smallest absolute Gasteiger partial charge is 0.212 e. The molecule has 0 unspecified atom stereocenters. The van der Waals surface area contributed by atoms with E-state index in [1.54, 1.807) is 21.3 Å². The molecular formula is C22H26N4O3. The normalized spacial score (nSPS) is 14.1. The number of rotatable bonds is 7. The first-order valence-electron chi connectivity index (χ1n) is 9.32. The van der Waals surface area contributed by atoms with Crippen LogP contribution in [0.25, 0.3) is 11.6 Å². The summed E-state index contributed by atoms with van der Waals surface area (Å²) in [6, 6.07) is 13.9. The molecule has 2 aromatic rings. The summed E-state index contributed by atoms with van der Waals surface area (Å²) in [6.07, 6.45) is 2.07. The molecule has 1 aliphatic heterocycles. The maximum Gasteiger partial charge on any atom is 0.212 e. The van der Waals surface area contributed by atoms with Gasteiger partial charge in [-0.3, -0.25) is 0 Å². The predicted octanol–water partition coefficient (Wildman–Crippen LogP) is 3.18. The molecule has 0 bridgehead atoms. The molecular weight excluding hydrogens is 368 g/mol. The van der Waals surface area contributed by atoms with Crippen LogP contribution in [0.2, 0.25) is 0 Å². The van der Waals surface area contributed by atoms with Crippen molar-refractivity contribution in [1.82, 2.24) is 10.7 Å². The number of benzene rings is 2. The van der Waals surface area contributed by atoms with E-state index in [0.29, 0.717) is 23.2 Å². The van der Waals surface area contributed by atoms with E-state index >= 15 is 0 Å². The van der Waals surface area contributed by atoms with Gasteiger partial charge in [-0.25, -0.2) is 10.4 Å². The van der Waals surface area contributed by atoms with E-state index in [2.05, 4.69) is 26.9 Å². The molecule has 2 aromatic carbocycles. The van der Waals surface area contributed by atoms with E-state index in [4.69, 9.17) is 14.2 Å². The Morgan fingerprint density at radius 2 is 1.76 bits per heavy atom. The van der Waals surface area contributed by atoms with E-state index in [-0.39, 0.29) is 0 Å². The quantitative estimate of drug-likeness (QED) is 0.429. The number of hydrogen-bond acceptors (Lipinski definition) is 7. The average molecular weight is 394 g/mol. The fourth-order valence-electron chi connectivity index (χ4n) is 3.02. The molecule has 7 heteroatoms. The molecule has 1 heterocycles. The summed E-state index contributed by atoms with van der Waals surface area (Å²) in [4.78, 5) is 4.31. The second-order valence-electron chi connectivity index (χ2n) is 6.35. The molecule has 0 saturated heterocycles. The Labute approximate surface area is 171 Å². The van der Waals surface area contributed by atoms with Crippen LogP contribution in [0.3, 0.4) is 0 Å². The Bertz CT molecular complexity index is 911. The van der Waals surface area contributed by atoms with Crippen LogP contribution in [0.1, 0.15) is 18.1 Å². The van der Waals surface area contributed by atoms with Crippen molar-refractivity contribution >= 4 is 23.3 Å². The molecule has 0 saturated carbocycles. The third-order valence-corrected chi connectivity index (χ3v) is 4.48. The highest BCUT2D eigenvalue weighted by molar-refractivity contribution is 6.27. The lowest BCUT2D eigenvalue weighted by Gasteiger charge is -2.16. The average Bonchev–Trinajstić information content (AvgIpc) is 3.29. The first kappa shape index (κ1) is 20.3. The van der Waals surface area contributed by atoms with Gasteiger partial charge in [0.05, 0.1) is 33.6 Å². The minimum atomic E-state index is 0.551. The number of ether oxygens (including phenoxy) is 3. The van der Waals surface area contributed by atoms with E-state index in [9.17, 15) is 0 Å². The van der Waals surface area contributed by atoms with Crippen LogP contribution < -0.4 is 25.0 Å². The van der Waals surface area contributed by atoms with Crippen LogP contribution in [0.15, 0.2) is 52.6 Å². The number of guanidine groups is 1. The summed E-state index contributed by atoms with van der Waals surface area (Å²) < 4.78 is 16.5. The SMILES string of the molecule is COc1cc(C(=C\c2ccccc2)/C(C)=N/NC2=NCCN2)cc(OC)c1OC. The highest BCUT2D eigenvalue weighted by Crippen LogP contribution is 2.40. The second-order valence-corrected chi connectivity index (χ2v) is 6.35. The lowest BCUT2D eigenvalue weighted by Crippen LogP contribution is -2.30. The Morgan fingerprint density at radius 1 is 1.07 bits per heavy atom. The minimum Gasteiger partial charge on any atom is -0.493 e. The van der Waals surface area contributed by atoms with Crippen LogP contribution in [0, 0.1) is 0 Å². The van der Waals surface area contributed by atoms with Gasteiger partial charge in [0, 0.05) is 12.1 Å². The van der Waals surface area contributed by atoms with Crippen LogP contribution >= 0.6 is 0 Å². The van der Waals surface area contributed by atoms with Crippen molar-refractivity contribution in [1.29, 1.82) is 0 Å². The van der Waals surface area contributed by atoms with Gasteiger partial charge in [-0.1, -0.05) is 30.3 Å². The van der Waals surface area contributed by atoms with Crippen LogP contribution in [-0.2, 0) is 0 Å². The number of hydrogen-bond donors (Lipinski definition) is 2. The fourth-order valence-corrected chi connectivity index (χ4v) is 3.02. The maximum absolute atomic E-state index is 5.52. The van der Waals surface area contributed by atoms with Crippen molar-refractivity contribution in [3.63, 3.8) is 0 Å². The second kappa shape index (κ2) is 9.64. The molecule has 152 valence electrons. The van der Waals surface area contributed by atoms with E-state index in [0.717, 1.165) is 35.5 Å². The minimum absolute atomic E-state index is 0.551. The molecule has 0 fully saturated rings. The summed E-state index contributed by atoms with van der Waals surface area (Å²) >= 11 is 0. The molecule has 3 rings (SSSR count). The Kier molecular flexibility index (Phi) is 6.73. The van der Waals surface area contributed by atoms with Crippen molar-refractivity contribution in [2.24, 2.45) is 10.1 Å². The molecule has 0 amide bonds. The van der Waals surface area contributed by atoms with Gasteiger partial charge >= 0.3 is 0 Å². The first-order chi connectivity index (χ1) is 14.2. The van der Waals surface area contributed by atoms with Gasteiger partial charge in [-0.15, -0.1) is 0 Å². The van der Waals surface area contributed by atoms with Gasteiger partial charge in [0.25, 0.3) is 0 Å². The molecule has 0 aliphatic carbocycles. The zero-order chi connectivity index (χ0) is 20.6. The van der Waals surface area contributed by atoms with Gasteiger partial charge in [-0.2, -0.15) is 5.10 Å². The Morgan fingerprint density at radius 3 is 2.31 bits per heavy atom. The molecule has 0 spiro atoms. The van der Waals surface area contributed by atoms with Crippen LogP contribution in [-0.4, -0.2) is 46.1 Å². The number of aliphatic imine (C=N–C) groups is 1. The predicted molar refractivity (Wildman–Crippen MR) is 117 cm³/mol. The molecule has 1 aliphatic rings. The van der Waals surface area contributed by atoms with Crippen molar-refractivity contribution in [2.75, 3.05) is 34.4 Å². The zero-order valence-corrected chi connectivity index (χ0v) is 17.2. The summed E-state index contributed by atoms with van der Waals surface area (Å²) in [7, 11) is 4.80. The number of allylic oxidation sites excluding steroid dienone is 1. The fraction of sp³-hybridized carbons (Fsp3) is 0.273. The van der Waals surface area contributed by atoms with Gasteiger partial charge in [0.15, 0.2) is 11.5 Å². The molecule has 2 N–H and O–H groups in total. The van der Waals surface area contributed by atoms with Gasteiger partial charge in [0.2, 0.25) is 11.7 Å². The van der Waals surface area contributed by atoms with E-state index in [1.807, 2.05) is 49.4 Å². The van der Waals surface area contributed by atoms with Gasteiger partial charge in [0.1, 0.15) is 0 Å². The lowest BCUT2D eigenvalue weighted by molar-refractivity contribution is 0.324. The molecule has 0 radical (unpaired) electrons. The summed E-state index contributed by atoms with van der Waals surface area (Å²) in [5.74, 6) is 2.40. The summed E-state index contributed by atoms with van der Waals surface area (Å²) in [6.45, 7) is 3.51. The number of methoxy groups -OCH3 is 3. The van der Waals surface area contributed by atoms with Crippen LogP contribution in [0.4, 0.5) is 0 Å². The van der Waals surface area contributed by atoms with Gasteiger partial charge < -0.3 is 19.5 Å². The van der Waals surface area contributed by atoms with E-state index in [1.165, 1.54) is 0 Å². The Hall–Kier alpha value is -3.48. The van der Waals surface area contributed by atoms with Crippen molar-refractivity contribution in [2.45, 2.75) is 6.92 Å². The highest BCUT2D eigenvalue weighted by atomic mass is 16.5. The molecule has 0 atom stereocenters. The standard InChI is InChI=1S/C22H26N4O3/c1-15(25-26-22-23-10-11-24-22)18(12-16-8-6-5-7-9-16)17-13-19(27-2)21(29-4)20(14-17)28-3/h5-9,12-14H,10-11H2,1-4H3,(H2,23,24,26)/b18-12-,25-15+. The topological polar surface area (TPSA) is 76.5 Å². The lowest BCUT2D eigenvalue weighted by atomic mass is 9.98. The zero-order valence-electron chi connectivity index (χ0n) is 17.2. The molecule has 7 nitrogen and oxygen atoms in total. The number of nitrogens with zero attached hydrogens (tertiary/aromatic N) is 2. The van der Waals surface area contributed by atoms with Gasteiger partial charge in [-0.05, 0) is 36.3 Å². The van der Waals surface area contributed by atoms with Crippen molar-refractivity contribution in [3.05, 3.63) is 53.6 Å². The summed E-state index contributed by atoms with van der Waals surface area (Å²) in [5, 5.41) is 7.67. The third-order valence-electron chi connectivity index (χ3n) is 4.48. The highest BCUT2D eigenvalue weighted by Gasteiger charge is 2.17. The third kappa shape index (κ3) is 4.87. The van der Waals surface area contributed by atoms with Crippen LogP contribution in [0.5, 0.6) is 17.2 Å². The van der Waals surface area contributed by atoms with E-state index < -0.39 is 0 Å². The van der Waals surface area contributed by atoms with Crippen molar-refractivity contribution in [3.8, 4) is 17.2 Å². The number of nitrogens with one attached hydrogen (secondary N) is 2. The monoisotopic (exact) mass is 394 g/mol. The van der Waals surface area contributed by atoms with Crippen molar-refractivity contribution < 1.29 is 14.2 Å². The Balaban J connectivity index is 2.07. The largest absolute Gasteiger partial charge is 0.493 e. The molecule has 29 heavy (non-hydrogen) atoms. The molecule has 0 aromatic heterocycles. The maximum atomic E-state index is 5.52. The number of hydrazone groups is 1.